The molecule has 0 atom stereocenters. The number of hydroxylamine groups is 1. The lowest BCUT2D eigenvalue weighted by Gasteiger charge is -2.20. The third-order valence-electron chi connectivity index (χ3n) is 6.02. The van der Waals surface area contributed by atoms with E-state index in [2.05, 4.69) is 21.0 Å². The van der Waals surface area contributed by atoms with Crippen LogP contribution in [0, 0.1) is 0 Å². The van der Waals surface area contributed by atoms with E-state index < -0.39 is 20.2 Å². The Labute approximate surface area is 252 Å². The fourth-order valence-corrected chi connectivity index (χ4v) is 8.35. The van der Waals surface area contributed by atoms with Crippen LogP contribution in [-0.2, 0) is 31.1 Å². The second-order valence-corrected chi connectivity index (χ2v) is 15.4. The number of unbranched alkanes of at least 4 members (excludes halogenated alkanes) is 2. The predicted octanol–water partition coefficient (Wildman–Crippen LogP) is 5.73. The lowest BCUT2D eigenvalue weighted by molar-refractivity contribution is -0.669. The Hall–Kier alpha value is -1.42. The average Bonchev–Trinajstić information content (AvgIpc) is 3.39. The highest BCUT2D eigenvalue weighted by Crippen LogP contribution is 2.48. The third kappa shape index (κ3) is 8.55. The molecule has 1 aliphatic rings. The summed E-state index contributed by atoms with van der Waals surface area (Å²) in [4.78, 5) is 3.15. The van der Waals surface area contributed by atoms with Gasteiger partial charge in [0.2, 0.25) is 5.52 Å². The van der Waals surface area contributed by atoms with Gasteiger partial charge in [-0.25, -0.2) is 0 Å². The van der Waals surface area contributed by atoms with E-state index in [1.807, 2.05) is 36.4 Å². The fraction of sp³-hybridized carbons (Fsp3) is 0.400. The van der Waals surface area contributed by atoms with Crippen LogP contribution in [0.2, 0.25) is 10.0 Å². The van der Waals surface area contributed by atoms with Gasteiger partial charge in [-0.05, 0) is 49.6 Å². The molecule has 1 aliphatic heterocycles. The summed E-state index contributed by atoms with van der Waals surface area (Å²) >= 11 is 15.8. The predicted molar refractivity (Wildman–Crippen MR) is 163 cm³/mol. The largest absolute Gasteiger partial charge is 0.335 e. The zero-order valence-electron chi connectivity index (χ0n) is 21.7. The normalized spacial score (nSPS) is 14.9. The van der Waals surface area contributed by atoms with Gasteiger partial charge in [0.05, 0.1) is 28.3 Å². The molecule has 4 rings (SSSR count). The summed E-state index contributed by atoms with van der Waals surface area (Å²) in [5.41, 5.74) is 4.29. The lowest BCUT2D eigenvalue weighted by Crippen LogP contribution is -2.35. The molecular formula is C25H30Cl2N3O6S4+. The van der Waals surface area contributed by atoms with Crippen molar-refractivity contribution in [3.8, 4) is 0 Å². The van der Waals surface area contributed by atoms with Gasteiger partial charge in [-0.1, -0.05) is 53.2 Å². The van der Waals surface area contributed by atoms with Gasteiger partial charge in [-0.15, -0.1) is 0 Å². The number of rotatable bonds is 14. The summed E-state index contributed by atoms with van der Waals surface area (Å²) in [6.07, 6.45) is 3.99. The zero-order valence-corrected chi connectivity index (χ0v) is 26.5. The zero-order chi connectivity index (χ0) is 28.9. The number of nitrogens with zero attached hydrogens (tertiary/aromatic N) is 2. The van der Waals surface area contributed by atoms with Crippen molar-refractivity contribution < 1.29 is 30.2 Å². The van der Waals surface area contributed by atoms with Crippen molar-refractivity contribution in [3.63, 3.8) is 0 Å². The standard InChI is InChI=1S/C25H29Cl2N3O6S4/c1-2-28-36-40(34,35)14-6-4-12-30-21-16-19(27)8-10-23(21)38-25(30)17-24-29(11-3-5-13-39(31,32)33)20-15-18(26)7-9-22(20)37-24/h7-10,15-17,28H,2-6,11-14H2,1H3/p+1. The van der Waals surface area contributed by atoms with Crippen LogP contribution in [0.1, 0.15) is 37.6 Å². The summed E-state index contributed by atoms with van der Waals surface area (Å²) in [7, 11) is -7.67. The van der Waals surface area contributed by atoms with Gasteiger partial charge < -0.3 is 4.90 Å². The molecule has 0 saturated carbocycles. The Morgan fingerprint density at radius 1 is 1.02 bits per heavy atom. The quantitative estimate of drug-likeness (QED) is 0.0963. The first-order valence-electron chi connectivity index (χ1n) is 12.6. The molecule has 0 aliphatic carbocycles. The van der Waals surface area contributed by atoms with Crippen LogP contribution < -0.4 is 14.9 Å². The van der Waals surface area contributed by atoms with E-state index in [0.717, 1.165) is 30.8 Å². The minimum Gasteiger partial charge on any atom is -0.335 e. The number of anilines is 1. The molecule has 2 heterocycles. The number of aromatic nitrogens is 1. The first kappa shape index (κ1) is 31.5. The van der Waals surface area contributed by atoms with Crippen LogP contribution in [-0.4, -0.2) is 46.0 Å². The summed E-state index contributed by atoms with van der Waals surface area (Å²) in [6.45, 7) is 3.27. The summed E-state index contributed by atoms with van der Waals surface area (Å²) in [6, 6.07) is 11.4. The van der Waals surface area contributed by atoms with E-state index >= 15 is 0 Å². The summed E-state index contributed by atoms with van der Waals surface area (Å²) in [5, 5.41) is 3.13. The Morgan fingerprint density at radius 3 is 2.50 bits per heavy atom. The number of nitrogens with one attached hydrogen (secondary N) is 1. The number of fused-ring (bicyclic) bond motifs is 2. The molecule has 1 aromatic heterocycles. The monoisotopic (exact) mass is 666 g/mol. The average molecular weight is 668 g/mol. The number of halogens is 2. The second-order valence-electron chi connectivity index (χ2n) is 9.10. The van der Waals surface area contributed by atoms with E-state index in [4.69, 9.17) is 32.0 Å². The van der Waals surface area contributed by atoms with Crippen LogP contribution in [0.15, 0.2) is 46.3 Å². The lowest BCUT2D eigenvalue weighted by atomic mass is 10.2. The van der Waals surface area contributed by atoms with Crippen molar-refractivity contribution >= 4 is 88.5 Å². The number of thiazole rings is 1. The Morgan fingerprint density at radius 2 is 1.75 bits per heavy atom. The van der Waals surface area contributed by atoms with Gasteiger partial charge >= 0.3 is 0 Å². The molecule has 2 N–H and O–H groups in total. The molecule has 9 nitrogen and oxygen atoms in total. The fourth-order valence-electron chi connectivity index (χ4n) is 4.22. The summed E-state index contributed by atoms with van der Waals surface area (Å²) in [5.74, 6) is -0.384. The van der Waals surface area contributed by atoms with Crippen molar-refractivity contribution in [2.75, 3.05) is 29.5 Å². The van der Waals surface area contributed by atoms with E-state index in [9.17, 15) is 16.8 Å². The molecule has 40 heavy (non-hydrogen) atoms. The van der Waals surface area contributed by atoms with E-state index in [0.29, 0.717) is 55.4 Å². The Bertz CT molecular complexity index is 1610. The summed E-state index contributed by atoms with van der Waals surface area (Å²) < 4.78 is 63.5. The van der Waals surface area contributed by atoms with Gasteiger partial charge in [0.1, 0.15) is 4.70 Å². The maximum absolute atomic E-state index is 12.1. The van der Waals surface area contributed by atoms with Gasteiger partial charge in [0.25, 0.3) is 25.2 Å². The Kier molecular flexibility index (Phi) is 10.8. The molecule has 0 fully saturated rings. The highest BCUT2D eigenvalue weighted by molar-refractivity contribution is 8.04. The number of benzene rings is 2. The van der Waals surface area contributed by atoms with Crippen LogP contribution in [0.4, 0.5) is 5.69 Å². The molecule has 15 heteroatoms. The van der Waals surface area contributed by atoms with Gasteiger partial charge in [0.15, 0.2) is 6.54 Å². The van der Waals surface area contributed by atoms with E-state index in [1.165, 1.54) is 0 Å². The molecular weight excluding hydrogens is 637 g/mol. The van der Waals surface area contributed by atoms with Crippen molar-refractivity contribution in [1.29, 1.82) is 0 Å². The first-order valence-corrected chi connectivity index (χ1v) is 18.2. The van der Waals surface area contributed by atoms with Crippen molar-refractivity contribution in [2.45, 2.75) is 44.0 Å². The van der Waals surface area contributed by atoms with Crippen LogP contribution in [0.3, 0.4) is 0 Å². The maximum atomic E-state index is 12.1. The van der Waals surface area contributed by atoms with Gasteiger partial charge in [-0.3, -0.25) is 4.55 Å². The highest BCUT2D eigenvalue weighted by Gasteiger charge is 2.28. The maximum Gasteiger partial charge on any atom is 0.283 e. The van der Waals surface area contributed by atoms with Crippen LogP contribution in [0.5, 0.6) is 0 Å². The van der Waals surface area contributed by atoms with Gasteiger partial charge in [0, 0.05) is 40.5 Å². The number of thioether (sulfide) groups is 1. The van der Waals surface area contributed by atoms with Crippen LogP contribution in [0.25, 0.3) is 16.3 Å². The minimum absolute atomic E-state index is 0.0942. The number of hydrogen-bond acceptors (Lipinski definition) is 9. The second kappa shape index (κ2) is 13.7. The molecule has 2 aromatic carbocycles. The van der Waals surface area contributed by atoms with Crippen molar-refractivity contribution in [1.82, 2.24) is 5.48 Å². The third-order valence-corrected chi connectivity index (χ3v) is 10.7. The van der Waals surface area contributed by atoms with E-state index in [1.54, 1.807) is 30.0 Å². The first-order chi connectivity index (χ1) is 19.0. The molecule has 0 radical (unpaired) electrons. The molecule has 3 aromatic rings. The number of hydrogen-bond donors (Lipinski definition) is 2. The van der Waals surface area contributed by atoms with Gasteiger partial charge in [-0.2, -0.15) is 31.2 Å². The smallest absolute Gasteiger partial charge is 0.283 e. The van der Waals surface area contributed by atoms with Crippen molar-refractivity contribution in [3.05, 3.63) is 56.5 Å². The van der Waals surface area contributed by atoms with Crippen molar-refractivity contribution in [2.24, 2.45) is 0 Å². The molecule has 0 saturated heterocycles. The molecule has 0 amide bonds. The van der Waals surface area contributed by atoms with E-state index in [-0.39, 0.29) is 11.5 Å². The SMILES string of the molecule is CCNOS(=O)(=O)CCCC[n+]1c(C=C2Sc3ccc(Cl)cc3N2CCCCS(=O)(=O)O)sc2ccc(Cl)cc21. The number of aryl methyl sites for hydroxylation is 1. The topological polar surface area (TPSA) is 117 Å². The molecule has 0 spiro atoms. The Balaban J connectivity index is 1.60. The highest BCUT2D eigenvalue weighted by atomic mass is 35.5. The van der Waals surface area contributed by atoms with Crippen LogP contribution >= 0.6 is 46.3 Å². The molecule has 0 unspecified atom stereocenters. The molecule has 218 valence electrons. The molecule has 0 bridgehead atoms. The minimum atomic E-state index is -4.02.